The standard InChI is InChI=1S/C22H20ClN3OS/c23-17-8-14-21(15-9-17)28-16-4-7-22(27)24-18-10-12-20(13-11-18)26-25-19-5-2-1-3-6-19/h1-3,5-6,8-15H,4,7,16H2,(H,24,27). The van der Waals surface area contributed by atoms with E-state index in [1.165, 1.54) is 0 Å². The molecule has 0 spiro atoms. The molecule has 0 aromatic heterocycles. The first-order valence-corrected chi connectivity index (χ1v) is 10.3. The zero-order valence-electron chi connectivity index (χ0n) is 15.2. The van der Waals surface area contributed by atoms with Gasteiger partial charge in [0.1, 0.15) is 0 Å². The molecule has 0 unspecified atom stereocenters. The van der Waals surface area contributed by atoms with Gasteiger partial charge in [0.15, 0.2) is 0 Å². The normalized spacial score (nSPS) is 10.9. The van der Waals surface area contributed by atoms with Gasteiger partial charge in [-0.1, -0.05) is 29.8 Å². The first-order chi connectivity index (χ1) is 13.7. The van der Waals surface area contributed by atoms with Crippen LogP contribution in [0.15, 0.2) is 94.0 Å². The van der Waals surface area contributed by atoms with Crippen molar-refractivity contribution in [3.05, 3.63) is 83.9 Å². The zero-order chi connectivity index (χ0) is 19.6. The Bertz CT molecular complexity index is 913. The highest BCUT2D eigenvalue weighted by Gasteiger charge is 2.03. The molecule has 0 heterocycles. The molecule has 0 radical (unpaired) electrons. The molecular weight excluding hydrogens is 390 g/mol. The Labute approximate surface area is 174 Å². The number of azo groups is 1. The van der Waals surface area contributed by atoms with Crippen molar-refractivity contribution in [2.45, 2.75) is 17.7 Å². The smallest absolute Gasteiger partial charge is 0.224 e. The fourth-order valence-corrected chi connectivity index (χ4v) is 3.38. The number of amides is 1. The summed E-state index contributed by atoms with van der Waals surface area (Å²) in [7, 11) is 0. The van der Waals surface area contributed by atoms with Crippen molar-refractivity contribution in [3.8, 4) is 0 Å². The summed E-state index contributed by atoms with van der Waals surface area (Å²) in [5, 5.41) is 12.0. The maximum absolute atomic E-state index is 12.1. The predicted octanol–water partition coefficient (Wildman–Crippen LogP) is 7.27. The van der Waals surface area contributed by atoms with Crippen LogP contribution in [0.4, 0.5) is 17.1 Å². The largest absolute Gasteiger partial charge is 0.326 e. The van der Waals surface area contributed by atoms with Crippen LogP contribution < -0.4 is 5.32 Å². The summed E-state index contributed by atoms with van der Waals surface area (Å²) < 4.78 is 0. The fourth-order valence-electron chi connectivity index (χ4n) is 2.40. The zero-order valence-corrected chi connectivity index (χ0v) is 16.8. The van der Waals surface area contributed by atoms with E-state index in [2.05, 4.69) is 15.5 Å². The highest BCUT2D eigenvalue weighted by atomic mass is 35.5. The monoisotopic (exact) mass is 409 g/mol. The summed E-state index contributed by atoms with van der Waals surface area (Å²) in [4.78, 5) is 13.2. The minimum atomic E-state index is 0.00960. The molecule has 0 aliphatic rings. The second-order valence-corrected chi connectivity index (χ2v) is 7.64. The summed E-state index contributed by atoms with van der Waals surface area (Å²) >= 11 is 7.60. The lowest BCUT2D eigenvalue weighted by Gasteiger charge is -2.05. The molecule has 1 N–H and O–H groups in total. The van der Waals surface area contributed by atoms with Crippen molar-refractivity contribution in [1.29, 1.82) is 0 Å². The Hall–Kier alpha value is -2.63. The summed E-state index contributed by atoms with van der Waals surface area (Å²) in [6, 6.07) is 24.6. The van der Waals surface area contributed by atoms with E-state index in [0.717, 1.165) is 39.2 Å². The van der Waals surface area contributed by atoms with Gasteiger partial charge in [0.25, 0.3) is 0 Å². The number of rotatable bonds is 8. The summed E-state index contributed by atoms with van der Waals surface area (Å²) in [5.74, 6) is 0.892. The van der Waals surface area contributed by atoms with Crippen LogP contribution in [0, 0.1) is 0 Å². The number of nitrogens with zero attached hydrogens (tertiary/aromatic N) is 2. The van der Waals surface area contributed by atoms with Gasteiger partial charge in [0, 0.05) is 22.0 Å². The SMILES string of the molecule is O=C(CCCSc1ccc(Cl)cc1)Nc1ccc(N=Nc2ccccc2)cc1. The number of carbonyl (C=O) groups excluding carboxylic acids is 1. The van der Waals surface area contributed by atoms with Crippen molar-refractivity contribution in [2.24, 2.45) is 10.2 Å². The van der Waals surface area contributed by atoms with Gasteiger partial charge in [0.05, 0.1) is 11.4 Å². The van der Waals surface area contributed by atoms with Gasteiger partial charge in [-0.2, -0.15) is 10.2 Å². The van der Waals surface area contributed by atoms with Gasteiger partial charge in [-0.25, -0.2) is 0 Å². The number of nitrogens with one attached hydrogen (secondary N) is 1. The Balaban J connectivity index is 1.40. The van der Waals surface area contributed by atoms with Crippen LogP contribution in [0.2, 0.25) is 5.02 Å². The molecule has 0 aliphatic carbocycles. The lowest BCUT2D eigenvalue weighted by molar-refractivity contribution is -0.116. The van der Waals surface area contributed by atoms with Gasteiger partial charge in [-0.15, -0.1) is 11.8 Å². The van der Waals surface area contributed by atoms with E-state index < -0.39 is 0 Å². The van der Waals surface area contributed by atoms with Crippen molar-refractivity contribution in [2.75, 3.05) is 11.1 Å². The molecule has 0 saturated carbocycles. The second-order valence-electron chi connectivity index (χ2n) is 6.04. The third kappa shape index (κ3) is 6.83. The number of thioether (sulfide) groups is 1. The van der Waals surface area contributed by atoms with E-state index in [1.54, 1.807) is 11.8 Å². The molecule has 3 rings (SSSR count). The van der Waals surface area contributed by atoms with Gasteiger partial charge < -0.3 is 5.32 Å². The van der Waals surface area contributed by atoms with E-state index in [1.807, 2.05) is 78.9 Å². The molecule has 3 aromatic rings. The molecule has 0 bridgehead atoms. The number of benzene rings is 3. The lowest BCUT2D eigenvalue weighted by Crippen LogP contribution is -2.11. The first-order valence-electron chi connectivity index (χ1n) is 8.94. The minimum Gasteiger partial charge on any atom is -0.326 e. The topological polar surface area (TPSA) is 53.8 Å². The molecule has 1 amide bonds. The molecule has 0 saturated heterocycles. The van der Waals surface area contributed by atoms with Crippen molar-refractivity contribution < 1.29 is 4.79 Å². The Morgan fingerprint density at radius 1 is 0.857 bits per heavy atom. The Kier molecular flexibility index (Phi) is 7.64. The quantitative estimate of drug-likeness (QED) is 0.241. The maximum Gasteiger partial charge on any atom is 0.224 e. The van der Waals surface area contributed by atoms with E-state index in [4.69, 9.17) is 11.6 Å². The molecule has 0 fully saturated rings. The number of carbonyl (C=O) groups is 1. The van der Waals surface area contributed by atoms with Crippen molar-refractivity contribution in [3.63, 3.8) is 0 Å². The number of halogens is 1. The van der Waals surface area contributed by atoms with Gasteiger partial charge in [-0.05, 0) is 72.8 Å². The first kappa shape index (κ1) is 20.1. The molecule has 0 aliphatic heterocycles. The van der Waals surface area contributed by atoms with Gasteiger partial charge >= 0.3 is 0 Å². The Morgan fingerprint density at radius 3 is 2.18 bits per heavy atom. The summed E-state index contributed by atoms with van der Waals surface area (Å²) in [6.07, 6.45) is 1.29. The van der Waals surface area contributed by atoms with Gasteiger partial charge in [-0.3, -0.25) is 4.79 Å². The minimum absolute atomic E-state index is 0.00960. The third-order valence-electron chi connectivity index (χ3n) is 3.82. The summed E-state index contributed by atoms with van der Waals surface area (Å²) in [5.41, 5.74) is 2.30. The van der Waals surface area contributed by atoms with Crippen LogP contribution in [-0.4, -0.2) is 11.7 Å². The van der Waals surface area contributed by atoms with Gasteiger partial charge in [0.2, 0.25) is 5.91 Å². The molecule has 142 valence electrons. The number of hydrogen-bond acceptors (Lipinski definition) is 4. The average molecular weight is 410 g/mol. The van der Waals surface area contributed by atoms with E-state index in [9.17, 15) is 4.79 Å². The highest BCUT2D eigenvalue weighted by molar-refractivity contribution is 7.99. The summed E-state index contributed by atoms with van der Waals surface area (Å²) in [6.45, 7) is 0. The highest BCUT2D eigenvalue weighted by Crippen LogP contribution is 2.22. The fraction of sp³-hybridized carbons (Fsp3) is 0.136. The second kappa shape index (κ2) is 10.6. The molecule has 28 heavy (non-hydrogen) atoms. The van der Waals surface area contributed by atoms with E-state index in [-0.39, 0.29) is 5.91 Å². The van der Waals surface area contributed by atoms with Crippen LogP contribution in [0.25, 0.3) is 0 Å². The lowest BCUT2D eigenvalue weighted by atomic mass is 10.2. The van der Waals surface area contributed by atoms with Crippen LogP contribution >= 0.6 is 23.4 Å². The molecule has 6 heteroatoms. The van der Waals surface area contributed by atoms with E-state index in [0.29, 0.717) is 6.42 Å². The third-order valence-corrected chi connectivity index (χ3v) is 5.17. The number of anilines is 1. The van der Waals surface area contributed by atoms with Crippen molar-refractivity contribution >= 4 is 46.3 Å². The molecular formula is C22H20ClN3OS. The number of hydrogen-bond donors (Lipinski definition) is 1. The molecule has 0 atom stereocenters. The van der Waals surface area contributed by atoms with E-state index >= 15 is 0 Å². The van der Waals surface area contributed by atoms with Crippen molar-refractivity contribution in [1.82, 2.24) is 0 Å². The van der Waals surface area contributed by atoms with Crippen LogP contribution in [0.3, 0.4) is 0 Å². The van der Waals surface area contributed by atoms with Crippen LogP contribution in [-0.2, 0) is 4.79 Å². The molecule has 4 nitrogen and oxygen atoms in total. The average Bonchev–Trinajstić information content (AvgIpc) is 2.73. The Morgan fingerprint density at radius 2 is 1.50 bits per heavy atom. The predicted molar refractivity (Wildman–Crippen MR) is 117 cm³/mol. The van der Waals surface area contributed by atoms with Crippen LogP contribution in [0.5, 0.6) is 0 Å². The van der Waals surface area contributed by atoms with Crippen LogP contribution in [0.1, 0.15) is 12.8 Å². The maximum atomic E-state index is 12.1. The molecule has 3 aromatic carbocycles.